The first-order valence-corrected chi connectivity index (χ1v) is 4.56. The molecule has 0 bridgehead atoms. The minimum absolute atomic E-state index is 0.835. The molecule has 0 radical (unpaired) electrons. The lowest BCUT2D eigenvalue weighted by Crippen LogP contribution is -2.13. The third kappa shape index (κ3) is 2.57. The van der Waals surface area contributed by atoms with Gasteiger partial charge >= 0.3 is 0 Å². The van der Waals surface area contributed by atoms with E-state index in [-0.39, 0.29) is 0 Å². The van der Waals surface area contributed by atoms with Crippen LogP contribution in [0, 0.1) is 0 Å². The van der Waals surface area contributed by atoms with Crippen LogP contribution in [0.25, 0.3) is 0 Å². The largest absolute Gasteiger partial charge is 0.361 e. The molecule has 4 nitrogen and oxygen atoms in total. The Balaban J connectivity index is 3.03. The second-order valence-electron chi connectivity index (χ2n) is 2.73. The van der Waals surface area contributed by atoms with Gasteiger partial charge in [-0.15, -0.1) is 0 Å². The van der Waals surface area contributed by atoms with E-state index in [1.165, 1.54) is 0 Å². The number of aromatic nitrogens is 1. The highest BCUT2D eigenvalue weighted by molar-refractivity contribution is 9.10. The molecule has 0 saturated carbocycles. The summed E-state index contributed by atoms with van der Waals surface area (Å²) in [6.07, 6.45) is 1.75. The average molecular weight is 246 g/mol. The summed E-state index contributed by atoms with van der Waals surface area (Å²) in [6, 6.07) is 1.91. The fraction of sp³-hybridized carbons (Fsp3) is 0.375. The Hall–Kier alpha value is -0.810. The van der Waals surface area contributed by atoms with E-state index in [0.29, 0.717) is 0 Å². The monoisotopic (exact) mass is 245 g/mol. The number of hydrogen-bond acceptors (Lipinski definition) is 4. The van der Waals surface area contributed by atoms with Gasteiger partial charge in [0, 0.05) is 24.8 Å². The van der Waals surface area contributed by atoms with Crippen LogP contribution in [0.1, 0.15) is 0 Å². The molecule has 0 aliphatic heterocycles. The molecule has 0 aliphatic carbocycles. The Morgan fingerprint density at radius 1 is 1.54 bits per heavy atom. The Morgan fingerprint density at radius 3 is 2.77 bits per heavy atom. The van der Waals surface area contributed by atoms with E-state index in [9.17, 15) is 0 Å². The number of nitrogens with zero attached hydrogens (tertiary/aromatic N) is 2. The van der Waals surface area contributed by atoms with Crippen LogP contribution < -0.4 is 10.4 Å². The maximum absolute atomic E-state index is 4.84. The van der Waals surface area contributed by atoms with Gasteiger partial charge in [0.25, 0.3) is 0 Å². The average Bonchev–Trinajstić information content (AvgIpc) is 2.04. The van der Waals surface area contributed by atoms with Crippen molar-refractivity contribution < 1.29 is 4.84 Å². The molecule has 1 rings (SSSR count). The Labute approximate surface area is 86.0 Å². The summed E-state index contributed by atoms with van der Waals surface area (Å²) >= 11 is 3.34. The van der Waals surface area contributed by atoms with Gasteiger partial charge in [0.2, 0.25) is 0 Å². The summed E-state index contributed by atoms with van der Waals surface area (Å²) in [7, 11) is 5.43. The first-order valence-electron chi connectivity index (χ1n) is 3.77. The molecular weight excluding hydrogens is 234 g/mol. The molecule has 1 aromatic heterocycles. The fourth-order valence-electron chi connectivity index (χ4n) is 0.973. The van der Waals surface area contributed by atoms with Crippen LogP contribution in [0.3, 0.4) is 0 Å². The van der Waals surface area contributed by atoms with Gasteiger partial charge in [-0.2, -0.15) is 0 Å². The predicted octanol–water partition coefficient (Wildman–Crippen LogP) is 1.88. The van der Waals surface area contributed by atoms with Crippen molar-refractivity contribution in [2.24, 2.45) is 0 Å². The predicted molar refractivity (Wildman–Crippen MR) is 56.9 cm³/mol. The van der Waals surface area contributed by atoms with E-state index in [0.717, 1.165) is 16.0 Å². The van der Waals surface area contributed by atoms with E-state index in [1.54, 1.807) is 13.3 Å². The number of nitrogens with one attached hydrogen (secondary N) is 1. The third-order valence-corrected chi connectivity index (χ3v) is 1.90. The number of hydrogen-bond donors (Lipinski definition) is 1. The van der Waals surface area contributed by atoms with Crippen molar-refractivity contribution in [2.45, 2.75) is 0 Å². The van der Waals surface area contributed by atoms with Crippen molar-refractivity contribution >= 4 is 27.4 Å². The molecule has 0 amide bonds. The lowest BCUT2D eigenvalue weighted by atomic mass is 10.4. The maximum atomic E-state index is 4.84. The molecule has 0 atom stereocenters. The molecule has 72 valence electrons. The van der Waals surface area contributed by atoms with Crippen LogP contribution >= 0.6 is 15.9 Å². The Kier molecular flexibility index (Phi) is 3.50. The molecule has 0 unspecified atom stereocenters. The second kappa shape index (κ2) is 4.43. The normalized spacial score (nSPS) is 9.85. The Bertz CT molecular complexity index is 291. The molecule has 0 aromatic carbocycles. The quantitative estimate of drug-likeness (QED) is 0.826. The molecule has 1 aromatic rings. The minimum atomic E-state index is 0.835. The molecule has 1 N–H and O–H groups in total. The van der Waals surface area contributed by atoms with E-state index in [1.807, 2.05) is 25.1 Å². The fourth-order valence-corrected chi connectivity index (χ4v) is 1.30. The zero-order valence-corrected chi connectivity index (χ0v) is 9.42. The van der Waals surface area contributed by atoms with E-state index in [4.69, 9.17) is 4.84 Å². The molecule has 0 saturated heterocycles. The second-order valence-corrected chi connectivity index (χ2v) is 3.64. The van der Waals surface area contributed by atoms with Crippen molar-refractivity contribution in [1.29, 1.82) is 0 Å². The van der Waals surface area contributed by atoms with Crippen molar-refractivity contribution in [3.63, 3.8) is 0 Å². The number of anilines is 2. The zero-order valence-electron chi connectivity index (χ0n) is 7.84. The van der Waals surface area contributed by atoms with Gasteiger partial charge in [0.05, 0.1) is 7.11 Å². The molecule has 0 fully saturated rings. The topological polar surface area (TPSA) is 37.4 Å². The van der Waals surface area contributed by atoms with Crippen molar-refractivity contribution in [3.8, 4) is 0 Å². The molecule has 1 heterocycles. The van der Waals surface area contributed by atoms with E-state index < -0.39 is 0 Å². The standard InChI is InChI=1S/C8H12BrN3O/c1-12(2)8-7(11-13-3)4-6(9)5-10-8/h4-5,11H,1-3H3. The van der Waals surface area contributed by atoms with E-state index >= 15 is 0 Å². The highest BCUT2D eigenvalue weighted by Crippen LogP contribution is 2.24. The van der Waals surface area contributed by atoms with Gasteiger partial charge < -0.3 is 4.90 Å². The SMILES string of the molecule is CONc1cc(Br)cnc1N(C)C. The molecule has 13 heavy (non-hydrogen) atoms. The van der Waals surface area contributed by atoms with Crippen LogP contribution in [0.4, 0.5) is 11.5 Å². The number of halogens is 1. The maximum Gasteiger partial charge on any atom is 0.153 e. The van der Waals surface area contributed by atoms with Crippen molar-refractivity contribution in [2.75, 3.05) is 31.6 Å². The van der Waals surface area contributed by atoms with Gasteiger partial charge in [-0.25, -0.2) is 4.98 Å². The van der Waals surface area contributed by atoms with Gasteiger partial charge in [-0.1, -0.05) is 0 Å². The summed E-state index contributed by atoms with van der Waals surface area (Å²) in [6.45, 7) is 0. The molecular formula is C8H12BrN3O. The lowest BCUT2D eigenvalue weighted by molar-refractivity contribution is 0.271. The number of rotatable bonds is 3. The lowest BCUT2D eigenvalue weighted by Gasteiger charge is -2.16. The number of pyridine rings is 1. The smallest absolute Gasteiger partial charge is 0.153 e. The van der Waals surface area contributed by atoms with Gasteiger partial charge in [0.15, 0.2) is 5.82 Å². The minimum Gasteiger partial charge on any atom is -0.361 e. The van der Waals surface area contributed by atoms with E-state index in [2.05, 4.69) is 26.4 Å². The van der Waals surface area contributed by atoms with Crippen LogP contribution in [0.2, 0.25) is 0 Å². The first-order chi connectivity index (χ1) is 6.15. The molecule has 5 heteroatoms. The van der Waals surface area contributed by atoms with Gasteiger partial charge in [-0.05, 0) is 22.0 Å². The summed E-state index contributed by atoms with van der Waals surface area (Å²) in [5.41, 5.74) is 3.60. The van der Waals surface area contributed by atoms with Crippen molar-refractivity contribution in [1.82, 2.24) is 4.98 Å². The van der Waals surface area contributed by atoms with Gasteiger partial charge in [0.1, 0.15) is 5.69 Å². The van der Waals surface area contributed by atoms with Gasteiger partial charge in [-0.3, -0.25) is 10.3 Å². The molecule has 0 aliphatic rings. The summed E-state index contributed by atoms with van der Waals surface area (Å²) in [5.74, 6) is 0.838. The van der Waals surface area contributed by atoms with Crippen LogP contribution in [0.5, 0.6) is 0 Å². The zero-order chi connectivity index (χ0) is 9.84. The van der Waals surface area contributed by atoms with Crippen LogP contribution in [-0.2, 0) is 4.84 Å². The highest BCUT2D eigenvalue weighted by Gasteiger charge is 2.05. The summed E-state index contributed by atoms with van der Waals surface area (Å²) in [5, 5.41) is 0. The molecule has 0 spiro atoms. The van der Waals surface area contributed by atoms with Crippen LogP contribution in [-0.4, -0.2) is 26.2 Å². The van der Waals surface area contributed by atoms with Crippen LogP contribution in [0.15, 0.2) is 16.7 Å². The Morgan fingerprint density at radius 2 is 2.23 bits per heavy atom. The van der Waals surface area contributed by atoms with Crippen molar-refractivity contribution in [3.05, 3.63) is 16.7 Å². The first kappa shape index (κ1) is 10.3. The summed E-state index contributed by atoms with van der Waals surface area (Å²) in [4.78, 5) is 11.0. The highest BCUT2D eigenvalue weighted by atomic mass is 79.9. The summed E-state index contributed by atoms with van der Waals surface area (Å²) < 4.78 is 0.914. The third-order valence-electron chi connectivity index (χ3n) is 1.47.